The summed E-state index contributed by atoms with van der Waals surface area (Å²) in [6, 6.07) is 5.16. The van der Waals surface area contributed by atoms with E-state index < -0.39 is 5.97 Å². The number of hydrogen-bond acceptors (Lipinski definition) is 9. The number of piperidine rings is 1. The first-order chi connectivity index (χ1) is 17.9. The molecule has 11 heteroatoms. The van der Waals surface area contributed by atoms with E-state index in [0.717, 1.165) is 10.7 Å². The Morgan fingerprint density at radius 1 is 1.30 bits per heavy atom. The molecule has 1 aromatic carbocycles. The third-order valence-corrected chi connectivity index (χ3v) is 7.93. The van der Waals surface area contributed by atoms with Crippen molar-refractivity contribution in [2.45, 2.75) is 20.3 Å². The normalized spacial score (nSPS) is 21.9. The Morgan fingerprint density at radius 2 is 2.14 bits per heavy atom. The molecule has 3 aliphatic heterocycles. The standard InChI is InChI=1S/C26H29N5O5S/c1-3-36-26(35)20-11-28-22(23-27-7-9-37-23)29-21(20)14-30-8-6-18-16(12-30)13-31(24(18)32)17-5-4-15(2)19(10-17)25(33)34/h4-5,7,9-10,16,18H,3,6,8,11-14H2,1-2H3,(H,28,29)(H,33,34). The number of aromatic nitrogens is 1. The summed E-state index contributed by atoms with van der Waals surface area (Å²) in [6.07, 6.45) is 2.42. The smallest absolute Gasteiger partial charge is 0.337 e. The van der Waals surface area contributed by atoms with Gasteiger partial charge in [0.2, 0.25) is 5.91 Å². The van der Waals surface area contributed by atoms with Crippen LogP contribution in [0.5, 0.6) is 0 Å². The van der Waals surface area contributed by atoms with Crippen LogP contribution in [0, 0.1) is 18.8 Å². The maximum atomic E-state index is 13.2. The van der Waals surface area contributed by atoms with Gasteiger partial charge in [0.15, 0.2) is 10.8 Å². The monoisotopic (exact) mass is 523 g/mol. The number of nitrogens with zero attached hydrogens (tertiary/aromatic N) is 4. The zero-order valence-electron chi connectivity index (χ0n) is 20.8. The van der Waals surface area contributed by atoms with Crippen LogP contribution in [0.1, 0.15) is 34.3 Å². The summed E-state index contributed by atoms with van der Waals surface area (Å²) >= 11 is 1.48. The summed E-state index contributed by atoms with van der Waals surface area (Å²) in [4.78, 5) is 50.3. The van der Waals surface area contributed by atoms with Crippen LogP contribution < -0.4 is 10.2 Å². The molecule has 194 valence electrons. The van der Waals surface area contributed by atoms with Crippen LogP contribution in [0.25, 0.3) is 0 Å². The number of carboxylic acids is 1. The number of carbonyl (C=O) groups is 3. The predicted molar refractivity (Wildman–Crippen MR) is 139 cm³/mol. The number of aliphatic imine (C=N–C) groups is 1. The van der Waals surface area contributed by atoms with Gasteiger partial charge in [0, 0.05) is 54.4 Å². The Morgan fingerprint density at radius 3 is 2.86 bits per heavy atom. The van der Waals surface area contributed by atoms with Crippen molar-refractivity contribution in [2.75, 3.05) is 44.2 Å². The van der Waals surface area contributed by atoms with Gasteiger partial charge >= 0.3 is 11.9 Å². The summed E-state index contributed by atoms with van der Waals surface area (Å²) < 4.78 is 5.28. The molecule has 2 N–H and O–H groups in total. The number of esters is 1. The van der Waals surface area contributed by atoms with Crippen LogP contribution in [-0.4, -0.2) is 78.0 Å². The Bertz CT molecular complexity index is 1290. The third-order valence-electron chi connectivity index (χ3n) is 7.15. The number of likely N-dealkylation sites (tertiary alicyclic amines) is 1. The molecule has 0 bridgehead atoms. The number of thiazole rings is 1. The van der Waals surface area contributed by atoms with E-state index in [1.54, 1.807) is 37.1 Å². The van der Waals surface area contributed by atoms with Crippen LogP contribution in [0.3, 0.4) is 0 Å². The van der Waals surface area contributed by atoms with Gasteiger partial charge in [-0.1, -0.05) is 6.07 Å². The van der Waals surface area contributed by atoms with Gasteiger partial charge in [-0.05, 0) is 44.5 Å². The van der Waals surface area contributed by atoms with Crippen molar-refractivity contribution in [3.8, 4) is 0 Å². The van der Waals surface area contributed by atoms with Crippen LogP contribution >= 0.6 is 11.3 Å². The van der Waals surface area contributed by atoms with Crippen molar-refractivity contribution in [3.05, 3.63) is 57.2 Å². The summed E-state index contributed by atoms with van der Waals surface area (Å²) in [7, 11) is 0. The zero-order valence-corrected chi connectivity index (χ0v) is 21.6. The number of benzene rings is 1. The molecule has 2 fully saturated rings. The Balaban J connectivity index is 1.31. The quantitative estimate of drug-likeness (QED) is 0.530. The lowest BCUT2D eigenvalue weighted by molar-refractivity contribution is -0.138. The van der Waals surface area contributed by atoms with Crippen molar-refractivity contribution >= 4 is 40.7 Å². The van der Waals surface area contributed by atoms with E-state index in [-0.39, 0.29) is 42.4 Å². The number of ether oxygens (including phenoxy) is 1. The fourth-order valence-electron chi connectivity index (χ4n) is 5.26. The molecular formula is C26H29N5O5S. The maximum absolute atomic E-state index is 13.2. The highest BCUT2D eigenvalue weighted by Gasteiger charge is 2.44. The molecule has 5 rings (SSSR count). The van der Waals surface area contributed by atoms with E-state index in [4.69, 9.17) is 4.74 Å². The van der Waals surface area contributed by atoms with E-state index in [2.05, 4.69) is 20.2 Å². The second-order valence-electron chi connectivity index (χ2n) is 9.45. The molecule has 2 unspecified atom stereocenters. The van der Waals surface area contributed by atoms with Crippen molar-refractivity contribution in [3.63, 3.8) is 0 Å². The fraction of sp³-hybridized carbons (Fsp3) is 0.423. The van der Waals surface area contributed by atoms with Gasteiger partial charge < -0.3 is 20.1 Å². The molecule has 0 aliphatic carbocycles. The van der Waals surface area contributed by atoms with Gasteiger partial charge in [0.05, 0.1) is 24.3 Å². The molecule has 37 heavy (non-hydrogen) atoms. The molecule has 10 nitrogen and oxygen atoms in total. The van der Waals surface area contributed by atoms with Crippen molar-refractivity contribution < 1.29 is 24.2 Å². The average molecular weight is 524 g/mol. The molecular weight excluding hydrogens is 494 g/mol. The Hall–Kier alpha value is -3.57. The lowest BCUT2D eigenvalue weighted by Crippen LogP contribution is -2.45. The minimum atomic E-state index is -0.999. The number of nitrogens with one attached hydrogen (secondary N) is 1. The number of aromatic carboxylic acids is 1. The molecule has 0 saturated carbocycles. The topological polar surface area (TPSA) is 124 Å². The number of carbonyl (C=O) groups excluding carboxylic acids is 2. The highest BCUT2D eigenvalue weighted by atomic mass is 32.1. The fourth-order valence-corrected chi connectivity index (χ4v) is 5.86. The highest BCUT2D eigenvalue weighted by molar-refractivity contribution is 7.11. The minimum Gasteiger partial charge on any atom is -0.478 e. The van der Waals surface area contributed by atoms with Gasteiger partial charge in [0.25, 0.3) is 0 Å². The van der Waals surface area contributed by atoms with Crippen LogP contribution in [-0.2, 0) is 14.3 Å². The van der Waals surface area contributed by atoms with Crippen molar-refractivity contribution in [1.82, 2.24) is 15.2 Å². The summed E-state index contributed by atoms with van der Waals surface area (Å²) in [5.41, 5.74) is 2.76. The molecule has 0 radical (unpaired) electrons. The van der Waals surface area contributed by atoms with Crippen LogP contribution in [0.2, 0.25) is 0 Å². The number of aryl methyl sites for hydroxylation is 1. The van der Waals surface area contributed by atoms with E-state index in [1.807, 2.05) is 11.4 Å². The molecule has 4 heterocycles. The highest BCUT2D eigenvalue weighted by Crippen LogP contribution is 2.36. The molecule has 2 saturated heterocycles. The van der Waals surface area contributed by atoms with Gasteiger partial charge in [-0.3, -0.25) is 14.7 Å². The molecule has 2 atom stereocenters. The molecule has 3 aliphatic rings. The molecule has 1 aromatic heterocycles. The number of rotatable bonds is 7. The second-order valence-corrected chi connectivity index (χ2v) is 10.3. The summed E-state index contributed by atoms with van der Waals surface area (Å²) in [6.45, 7) is 6.47. The Labute approximate surface area is 218 Å². The SMILES string of the molecule is CCOC(=O)C1=C(CN2CCC3C(=O)N(c4ccc(C)c(C(=O)O)c4)CC3C2)NC(c2nccs2)=NC1. The number of amides is 1. The van der Waals surface area contributed by atoms with E-state index in [0.29, 0.717) is 55.3 Å². The number of anilines is 1. The lowest BCUT2D eigenvalue weighted by Gasteiger charge is -2.34. The first kappa shape index (κ1) is 25.1. The number of hydrogen-bond donors (Lipinski definition) is 2. The average Bonchev–Trinajstić information content (AvgIpc) is 3.53. The van der Waals surface area contributed by atoms with Crippen molar-refractivity contribution in [2.24, 2.45) is 16.8 Å². The molecule has 2 aromatic rings. The number of fused-ring (bicyclic) bond motifs is 1. The van der Waals surface area contributed by atoms with E-state index in [1.165, 1.54) is 11.3 Å². The predicted octanol–water partition coefficient (Wildman–Crippen LogP) is 2.30. The van der Waals surface area contributed by atoms with Gasteiger partial charge in [-0.2, -0.15) is 0 Å². The largest absolute Gasteiger partial charge is 0.478 e. The first-order valence-corrected chi connectivity index (χ1v) is 13.2. The van der Waals surface area contributed by atoms with Crippen LogP contribution in [0.15, 0.2) is 46.0 Å². The summed E-state index contributed by atoms with van der Waals surface area (Å²) in [5.74, 6) is -0.679. The Kier molecular flexibility index (Phi) is 7.07. The zero-order chi connectivity index (χ0) is 26.1. The van der Waals surface area contributed by atoms with E-state index in [9.17, 15) is 19.5 Å². The van der Waals surface area contributed by atoms with Gasteiger partial charge in [-0.25, -0.2) is 14.6 Å². The molecule has 1 amide bonds. The molecule has 0 spiro atoms. The summed E-state index contributed by atoms with van der Waals surface area (Å²) in [5, 5.41) is 15.5. The number of carboxylic acid groups (broad SMARTS) is 1. The second kappa shape index (κ2) is 10.4. The minimum absolute atomic E-state index is 0.0465. The van der Waals surface area contributed by atoms with Gasteiger partial charge in [-0.15, -0.1) is 11.3 Å². The van der Waals surface area contributed by atoms with Crippen LogP contribution in [0.4, 0.5) is 5.69 Å². The van der Waals surface area contributed by atoms with Gasteiger partial charge in [0.1, 0.15) is 0 Å². The number of amidine groups is 1. The lowest BCUT2D eigenvalue weighted by atomic mass is 9.88. The first-order valence-electron chi connectivity index (χ1n) is 12.3. The maximum Gasteiger partial charge on any atom is 0.337 e. The van der Waals surface area contributed by atoms with Crippen molar-refractivity contribution in [1.29, 1.82) is 0 Å². The third kappa shape index (κ3) is 5.01. The van der Waals surface area contributed by atoms with E-state index >= 15 is 0 Å².